The van der Waals surface area contributed by atoms with Crippen molar-refractivity contribution in [3.8, 4) is 17.6 Å². The lowest BCUT2D eigenvalue weighted by molar-refractivity contribution is -0.126. The minimum absolute atomic E-state index is 0.0482. The summed E-state index contributed by atoms with van der Waals surface area (Å²) in [6.45, 7) is 5.16. The van der Waals surface area contributed by atoms with Crippen molar-refractivity contribution < 1.29 is 46.0 Å². The number of fused-ring (bicyclic) bond motifs is 1. The van der Waals surface area contributed by atoms with Crippen LogP contribution in [0.1, 0.15) is 23.3 Å². The van der Waals surface area contributed by atoms with Gasteiger partial charge < -0.3 is 39.2 Å². The Kier molecular flexibility index (Phi) is 11.7. The second-order valence-electron chi connectivity index (χ2n) is 12.3. The number of halogens is 4. The summed E-state index contributed by atoms with van der Waals surface area (Å²) in [6, 6.07) is 8.47. The molecule has 0 amide bonds. The fourth-order valence-corrected chi connectivity index (χ4v) is 7.50. The largest absolute Gasteiger partial charge is 0.508 e. The van der Waals surface area contributed by atoms with Crippen molar-refractivity contribution in [3.05, 3.63) is 46.6 Å². The van der Waals surface area contributed by atoms with Crippen molar-refractivity contribution in [1.29, 1.82) is 0 Å². The Morgan fingerprint density at radius 1 is 1.08 bits per heavy atom. The number of morpholine rings is 1. The molecule has 4 heterocycles. The number of likely N-dealkylation sites (tertiary alicyclic amines) is 1. The van der Waals surface area contributed by atoms with E-state index in [0.29, 0.717) is 66.8 Å². The normalized spacial score (nSPS) is 18.8. The van der Waals surface area contributed by atoms with Crippen LogP contribution in [0.2, 0.25) is 0 Å². The van der Waals surface area contributed by atoms with E-state index < -0.39 is 24.6 Å². The number of rotatable bonds is 12. The van der Waals surface area contributed by atoms with Gasteiger partial charge in [-0.05, 0) is 29.9 Å². The molecule has 3 aliphatic heterocycles. The summed E-state index contributed by atoms with van der Waals surface area (Å²) in [5, 5.41) is 7.17. The first-order valence-corrected chi connectivity index (χ1v) is 17.4. The summed E-state index contributed by atoms with van der Waals surface area (Å²) in [5.74, 6) is 5.91. The van der Waals surface area contributed by atoms with Crippen LogP contribution in [-0.2, 0) is 25.4 Å². The van der Waals surface area contributed by atoms with E-state index in [4.69, 9.17) is 23.7 Å². The zero-order chi connectivity index (χ0) is 35.1. The van der Waals surface area contributed by atoms with Crippen molar-refractivity contribution in [2.45, 2.75) is 37.6 Å². The number of benzene rings is 2. The molecule has 1 unspecified atom stereocenters. The topological polar surface area (TPSA) is 93.8 Å². The standard InChI is InChI=1S/C35H40F4N4O6S/c1-45-16-17-47-31-19-30(43-12-14-46-15-13-43)27(36)18-29(31)40-9-3-6-32-26(20-35(37,38)39)25-4-2-5-28(33(25)50-32)41-23-7-10-42(11-8-23)21-24-22-48-34(44)49-24/h2,4-5,18-19,23-24,40-41H,7-17,20-22H2,1H3. The van der Waals surface area contributed by atoms with Crippen molar-refractivity contribution in [1.82, 2.24) is 4.90 Å². The molecule has 15 heteroatoms. The van der Waals surface area contributed by atoms with Crippen LogP contribution in [0, 0.1) is 17.7 Å². The first kappa shape index (κ1) is 35.8. The van der Waals surface area contributed by atoms with E-state index in [1.165, 1.54) is 17.4 Å². The average molecular weight is 721 g/mol. The summed E-state index contributed by atoms with van der Waals surface area (Å²) >= 11 is 1.23. The highest BCUT2D eigenvalue weighted by Crippen LogP contribution is 2.40. The maximum absolute atomic E-state index is 15.3. The van der Waals surface area contributed by atoms with Gasteiger partial charge in [-0.1, -0.05) is 24.0 Å². The van der Waals surface area contributed by atoms with Gasteiger partial charge in [0.05, 0.1) is 59.4 Å². The number of piperidine rings is 1. The SMILES string of the molecule is COCCOc1cc(N2CCOCC2)c(F)cc1NCC#Cc1sc2c(NC3CCN(CC4COC(=O)O4)CC3)cccc2c1CC(F)(F)F. The van der Waals surface area contributed by atoms with E-state index in [2.05, 4.69) is 27.4 Å². The fraction of sp³-hybridized carbons (Fsp3) is 0.514. The van der Waals surface area contributed by atoms with Crippen LogP contribution in [0.15, 0.2) is 30.3 Å². The van der Waals surface area contributed by atoms with Gasteiger partial charge >= 0.3 is 12.3 Å². The van der Waals surface area contributed by atoms with Gasteiger partial charge in [-0.25, -0.2) is 9.18 Å². The fourth-order valence-electron chi connectivity index (χ4n) is 6.33. The Bertz CT molecular complexity index is 1700. The van der Waals surface area contributed by atoms with Crippen molar-refractivity contribution in [2.24, 2.45) is 0 Å². The smallest absolute Gasteiger partial charge is 0.489 e. The van der Waals surface area contributed by atoms with Gasteiger partial charge in [-0.2, -0.15) is 13.2 Å². The lowest BCUT2D eigenvalue weighted by Crippen LogP contribution is -2.43. The summed E-state index contributed by atoms with van der Waals surface area (Å²) < 4.78 is 83.8. The number of ether oxygens (including phenoxy) is 5. The van der Waals surface area contributed by atoms with Gasteiger partial charge in [-0.15, -0.1) is 11.3 Å². The number of hydrogen-bond donors (Lipinski definition) is 2. The number of carbonyl (C=O) groups excluding carboxylic acids is 1. The number of hydrogen-bond acceptors (Lipinski definition) is 11. The third-order valence-corrected chi connectivity index (χ3v) is 9.97. The van der Waals surface area contributed by atoms with E-state index in [9.17, 15) is 18.0 Å². The quantitative estimate of drug-likeness (QED) is 0.102. The number of anilines is 3. The highest BCUT2D eigenvalue weighted by atomic mass is 32.1. The molecule has 1 aromatic heterocycles. The molecule has 3 fully saturated rings. The minimum Gasteiger partial charge on any atom is -0.489 e. The van der Waals surface area contributed by atoms with Crippen LogP contribution in [0.25, 0.3) is 10.1 Å². The number of thiophene rings is 1. The van der Waals surface area contributed by atoms with Gasteiger partial charge in [0.2, 0.25) is 0 Å². The molecule has 2 N–H and O–H groups in total. The van der Waals surface area contributed by atoms with Gasteiger partial charge in [0.1, 0.15) is 24.8 Å². The van der Waals surface area contributed by atoms with Crippen molar-refractivity contribution >= 4 is 44.6 Å². The third-order valence-electron chi connectivity index (χ3n) is 8.77. The second-order valence-corrected chi connectivity index (χ2v) is 13.3. The Balaban J connectivity index is 1.17. The van der Waals surface area contributed by atoms with E-state index in [1.807, 2.05) is 11.0 Å². The predicted octanol–water partition coefficient (Wildman–Crippen LogP) is 5.88. The molecular weight excluding hydrogens is 680 g/mol. The Morgan fingerprint density at radius 3 is 2.60 bits per heavy atom. The molecule has 1 atom stereocenters. The molecular formula is C35H40F4N4O6S. The van der Waals surface area contributed by atoms with Gasteiger partial charge in [0.25, 0.3) is 0 Å². The molecule has 10 nitrogen and oxygen atoms in total. The van der Waals surface area contributed by atoms with Crippen LogP contribution in [0.4, 0.5) is 39.4 Å². The van der Waals surface area contributed by atoms with E-state index in [1.54, 1.807) is 25.3 Å². The maximum atomic E-state index is 15.3. The second kappa shape index (κ2) is 16.4. The molecule has 0 aliphatic carbocycles. The third kappa shape index (κ3) is 9.22. The predicted molar refractivity (Wildman–Crippen MR) is 183 cm³/mol. The minimum atomic E-state index is -4.42. The number of nitrogens with zero attached hydrogens (tertiary/aromatic N) is 2. The molecule has 3 saturated heterocycles. The number of cyclic esters (lactones) is 2. The Labute approximate surface area is 291 Å². The molecule has 270 valence electrons. The summed E-state index contributed by atoms with van der Waals surface area (Å²) in [7, 11) is 1.56. The molecule has 3 aliphatic rings. The summed E-state index contributed by atoms with van der Waals surface area (Å²) in [5.41, 5.74) is 1.70. The average Bonchev–Trinajstić information content (AvgIpc) is 3.67. The first-order valence-electron chi connectivity index (χ1n) is 16.6. The van der Waals surface area contributed by atoms with Crippen LogP contribution < -0.4 is 20.3 Å². The lowest BCUT2D eigenvalue weighted by atomic mass is 10.0. The highest BCUT2D eigenvalue weighted by Gasteiger charge is 2.32. The van der Waals surface area contributed by atoms with E-state index >= 15 is 4.39 Å². The Morgan fingerprint density at radius 2 is 1.88 bits per heavy atom. The van der Waals surface area contributed by atoms with Gasteiger partial charge in [0, 0.05) is 58.0 Å². The van der Waals surface area contributed by atoms with Gasteiger partial charge in [-0.3, -0.25) is 4.90 Å². The van der Waals surface area contributed by atoms with E-state index in [-0.39, 0.29) is 37.5 Å². The zero-order valence-corrected chi connectivity index (χ0v) is 28.5. The number of nitrogens with one attached hydrogen (secondary N) is 2. The molecule has 0 bridgehead atoms. The molecule has 6 rings (SSSR count). The molecule has 0 spiro atoms. The Hall–Kier alpha value is -3.97. The first-order chi connectivity index (χ1) is 24.2. The molecule has 50 heavy (non-hydrogen) atoms. The number of methoxy groups -OCH3 is 1. The van der Waals surface area contributed by atoms with Crippen LogP contribution in [0.5, 0.6) is 5.75 Å². The molecule has 0 saturated carbocycles. The van der Waals surface area contributed by atoms with Crippen molar-refractivity contribution in [2.75, 3.05) is 94.9 Å². The number of alkyl halides is 3. The molecule has 3 aromatic rings. The molecule has 0 radical (unpaired) electrons. The summed E-state index contributed by atoms with van der Waals surface area (Å²) in [6.07, 6.45) is -4.79. The van der Waals surface area contributed by atoms with Crippen LogP contribution in [0.3, 0.4) is 0 Å². The number of carbonyl (C=O) groups is 1. The van der Waals surface area contributed by atoms with Crippen LogP contribution >= 0.6 is 11.3 Å². The molecule has 2 aromatic carbocycles. The van der Waals surface area contributed by atoms with E-state index in [0.717, 1.165) is 36.3 Å². The maximum Gasteiger partial charge on any atom is 0.508 e. The van der Waals surface area contributed by atoms with Crippen LogP contribution in [-0.4, -0.2) is 109 Å². The summed E-state index contributed by atoms with van der Waals surface area (Å²) in [4.78, 5) is 15.7. The van der Waals surface area contributed by atoms with Crippen molar-refractivity contribution in [3.63, 3.8) is 0 Å². The lowest BCUT2D eigenvalue weighted by Gasteiger charge is -2.33. The monoisotopic (exact) mass is 720 g/mol. The zero-order valence-electron chi connectivity index (χ0n) is 27.7. The van der Waals surface area contributed by atoms with Gasteiger partial charge in [0.15, 0.2) is 6.10 Å². The highest BCUT2D eigenvalue weighted by molar-refractivity contribution is 7.20.